The molecular formula is C24H21N3O6S. The summed E-state index contributed by atoms with van der Waals surface area (Å²) >= 11 is 1.22. The number of non-ortho nitro benzene ring substituents is 1. The number of esters is 1. The first kappa shape index (κ1) is 24.4. The molecule has 9 nitrogen and oxygen atoms in total. The molecule has 0 saturated carbocycles. The molecule has 2 heterocycles. The normalized spacial score (nSPS) is 11.1. The van der Waals surface area contributed by atoms with E-state index in [0.717, 1.165) is 4.88 Å². The van der Waals surface area contributed by atoms with Crippen LogP contribution in [0.4, 0.5) is 10.7 Å². The molecule has 0 atom stereocenters. The lowest BCUT2D eigenvalue weighted by Crippen LogP contribution is -2.16. The lowest BCUT2D eigenvalue weighted by atomic mass is 10.1. The van der Waals surface area contributed by atoms with Gasteiger partial charge in [-0.3, -0.25) is 14.9 Å². The lowest BCUT2D eigenvalue weighted by molar-refractivity contribution is -0.384. The summed E-state index contributed by atoms with van der Waals surface area (Å²) in [6.07, 6.45) is 1.29. The van der Waals surface area contributed by atoms with Crippen LogP contribution in [0, 0.1) is 42.2 Å². The van der Waals surface area contributed by atoms with Gasteiger partial charge in [-0.25, -0.2) is 4.79 Å². The fourth-order valence-electron chi connectivity index (χ4n) is 3.24. The number of rotatable bonds is 7. The molecule has 1 aromatic carbocycles. The minimum absolute atomic E-state index is 0.0300. The maximum atomic E-state index is 12.8. The number of ether oxygens (including phenoxy) is 1. The molecule has 3 aromatic rings. The van der Waals surface area contributed by atoms with Crippen LogP contribution in [0.2, 0.25) is 0 Å². The van der Waals surface area contributed by atoms with Crippen LogP contribution in [0.15, 0.2) is 40.3 Å². The van der Waals surface area contributed by atoms with Crippen molar-refractivity contribution in [1.82, 2.24) is 0 Å². The number of nitrogens with one attached hydrogen (secondary N) is 1. The quantitative estimate of drug-likeness (QED) is 0.154. The first-order chi connectivity index (χ1) is 16.2. The molecule has 2 aromatic heterocycles. The second kappa shape index (κ2) is 10.1. The number of nitriles is 1. The molecule has 0 radical (unpaired) electrons. The molecule has 0 aliphatic carbocycles. The fourth-order valence-corrected chi connectivity index (χ4v) is 4.28. The van der Waals surface area contributed by atoms with E-state index in [9.17, 15) is 25.0 Å². The third kappa shape index (κ3) is 5.05. The van der Waals surface area contributed by atoms with Crippen molar-refractivity contribution in [1.29, 1.82) is 5.26 Å². The van der Waals surface area contributed by atoms with Gasteiger partial charge in [0.1, 0.15) is 28.2 Å². The number of thiophene rings is 1. The van der Waals surface area contributed by atoms with Crippen LogP contribution in [-0.4, -0.2) is 23.4 Å². The minimum atomic E-state index is -0.696. The first-order valence-corrected chi connectivity index (χ1v) is 11.0. The Morgan fingerprint density at radius 1 is 1.26 bits per heavy atom. The number of benzene rings is 1. The van der Waals surface area contributed by atoms with Gasteiger partial charge in [-0.2, -0.15) is 5.26 Å². The zero-order chi connectivity index (χ0) is 25.0. The van der Waals surface area contributed by atoms with E-state index in [4.69, 9.17) is 9.15 Å². The SMILES string of the molecule is CCOC(=O)c1c(NC(=O)/C(C#N)=C/c2ccc(-c3ccc([N+](=O)[O-])cc3C)o2)sc(C)c1C. The summed E-state index contributed by atoms with van der Waals surface area (Å²) in [6, 6.07) is 9.48. The van der Waals surface area contributed by atoms with E-state index in [1.54, 1.807) is 39.0 Å². The van der Waals surface area contributed by atoms with Gasteiger partial charge in [-0.05, 0) is 57.0 Å². The molecule has 34 heavy (non-hydrogen) atoms. The summed E-state index contributed by atoms with van der Waals surface area (Å²) in [6.45, 7) is 7.19. The van der Waals surface area contributed by atoms with Crippen molar-refractivity contribution in [2.75, 3.05) is 11.9 Å². The number of furan rings is 1. The zero-order valence-electron chi connectivity index (χ0n) is 18.9. The van der Waals surface area contributed by atoms with E-state index in [2.05, 4.69) is 5.32 Å². The fraction of sp³-hybridized carbons (Fsp3) is 0.208. The van der Waals surface area contributed by atoms with Gasteiger partial charge in [0.2, 0.25) is 0 Å². The number of hydrogen-bond acceptors (Lipinski definition) is 8. The Bertz CT molecular complexity index is 1360. The number of amides is 1. The minimum Gasteiger partial charge on any atom is -0.462 e. The third-order valence-electron chi connectivity index (χ3n) is 5.06. The highest BCUT2D eigenvalue weighted by Crippen LogP contribution is 2.34. The highest BCUT2D eigenvalue weighted by Gasteiger charge is 2.23. The molecule has 0 saturated heterocycles. The van der Waals surface area contributed by atoms with Gasteiger partial charge in [0, 0.05) is 28.6 Å². The highest BCUT2D eigenvalue weighted by atomic mass is 32.1. The average molecular weight is 480 g/mol. The zero-order valence-corrected chi connectivity index (χ0v) is 19.7. The Labute approximate surface area is 199 Å². The van der Waals surface area contributed by atoms with E-state index in [1.807, 2.05) is 13.0 Å². The molecule has 10 heteroatoms. The van der Waals surface area contributed by atoms with E-state index >= 15 is 0 Å². The Morgan fingerprint density at radius 3 is 2.62 bits per heavy atom. The summed E-state index contributed by atoms with van der Waals surface area (Å²) in [4.78, 5) is 36.4. The van der Waals surface area contributed by atoms with Gasteiger partial charge in [0.25, 0.3) is 11.6 Å². The smallest absolute Gasteiger partial charge is 0.341 e. The van der Waals surface area contributed by atoms with Crippen molar-refractivity contribution in [3.63, 3.8) is 0 Å². The largest absolute Gasteiger partial charge is 0.462 e. The molecule has 0 aliphatic heterocycles. The lowest BCUT2D eigenvalue weighted by Gasteiger charge is -2.06. The summed E-state index contributed by atoms with van der Waals surface area (Å²) in [5.74, 6) is -0.552. The first-order valence-electron chi connectivity index (χ1n) is 10.2. The van der Waals surface area contributed by atoms with E-state index in [0.29, 0.717) is 27.5 Å². The third-order valence-corrected chi connectivity index (χ3v) is 6.18. The van der Waals surface area contributed by atoms with Gasteiger partial charge in [0.15, 0.2) is 0 Å². The maximum Gasteiger partial charge on any atom is 0.341 e. The number of nitro groups is 1. The summed E-state index contributed by atoms with van der Waals surface area (Å²) in [5.41, 5.74) is 2.01. The average Bonchev–Trinajstić information content (AvgIpc) is 3.36. The predicted octanol–water partition coefficient (Wildman–Crippen LogP) is 5.56. The molecule has 0 aliphatic rings. The van der Waals surface area contributed by atoms with Crippen molar-refractivity contribution < 1.29 is 23.7 Å². The van der Waals surface area contributed by atoms with Crippen LogP contribution in [0.5, 0.6) is 0 Å². The van der Waals surface area contributed by atoms with E-state index in [-0.39, 0.29) is 29.2 Å². The van der Waals surface area contributed by atoms with Crippen LogP contribution in [0.25, 0.3) is 17.4 Å². The van der Waals surface area contributed by atoms with Crippen molar-refractivity contribution in [2.24, 2.45) is 0 Å². The molecule has 1 amide bonds. The monoisotopic (exact) mass is 479 g/mol. The van der Waals surface area contributed by atoms with Crippen molar-refractivity contribution >= 4 is 40.0 Å². The van der Waals surface area contributed by atoms with Gasteiger partial charge in [0.05, 0.1) is 17.1 Å². The topological polar surface area (TPSA) is 135 Å². The highest BCUT2D eigenvalue weighted by molar-refractivity contribution is 7.16. The van der Waals surface area contributed by atoms with Crippen LogP contribution >= 0.6 is 11.3 Å². The molecule has 0 fully saturated rings. The number of carbonyl (C=O) groups excluding carboxylic acids is 2. The summed E-state index contributed by atoms with van der Waals surface area (Å²) in [7, 11) is 0. The van der Waals surface area contributed by atoms with Gasteiger partial charge in [-0.1, -0.05) is 0 Å². The van der Waals surface area contributed by atoms with Crippen LogP contribution in [-0.2, 0) is 9.53 Å². The standard InChI is InChI=1S/C24H21N3O6S/c1-5-32-24(29)21-14(3)15(4)34-23(21)26-22(28)16(12-25)11-18-7-9-20(33-18)19-8-6-17(27(30)31)10-13(19)2/h6-11H,5H2,1-4H3,(H,26,28)/b16-11+. The molecule has 1 N–H and O–H groups in total. The van der Waals surface area contributed by atoms with Crippen molar-refractivity contribution in [2.45, 2.75) is 27.7 Å². The number of aryl methyl sites for hydroxylation is 2. The van der Waals surface area contributed by atoms with E-state index < -0.39 is 16.8 Å². The number of nitrogens with zero attached hydrogens (tertiary/aromatic N) is 2. The molecular weight excluding hydrogens is 458 g/mol. The second-order valence-corrected chi connectivity index (χ2v) is 8.51. The number of carbonyl (C=O) groups is 2. The van der Waals surface area contributed by atoms with Gasteiger partial charge < -0.3 is 14.5 Å². The van der Waals surface area contributed by atoms with Crippen LogP contribution < -0.4 is 5.32 Å². The van der Waals surface area contributed by atoms with Crippen LogP contribution in [0.3, 0.4) is 0 Å². The second-order valence-electron chi connectivity index (χ2n) is 7.29. The predicted molar refractivity (Wildman–Crippen MR) is 128 cm³/mol. The molecule has 0 unspecified atom stereocenters. The number of hydrogen-bond donors (Lipinski definition) is 1. The van der Waals surface area contributed by atoms with Crippen LogP contribution in [0.1, 0.15) is 39.0 Å². The molecule has 0 bridgehead atoms. The Morgan fingerprint density at radius 2 is 2.00 bits per heavy atom. The van der Waals surface area contributed by atoms with Gasteiger partial charge in [-0.15, -0.1) is 11.3 Å². The molecule has 3 rings (SSSR count). The Balaban J connectivity index is 1.86. The molecule has 174 valence electrons. The summed E-state index contributed by atoms with van der Waals surface area (Å²) < 4.78 is 10.8. The summed E-state index contributed by atoms with van der Waals surface area (Å²) in [5, 5.41) is 23.4. The van der Waals surface area contributed by atoms with Crippen molar-refractivity contribution in [3.8, 4) is 17.4 Å². The van der Waals surface area contributed by atoms with Gasteiger partial charge >= 0.3 is 5.97 Å². The molecule has 0 spiro atoms. The van der Waals surface area contributed by atoms with Crippen molar-refractivity contribution in [3.05, 3.63) is 73.3 Å². The Kier molecular flexibility index (Phi) is 7.28. The number of nitro benzene ring substituents is 1. The Hall–Kier alpha value is -4.23. The number of anilines is 1. The maximum absolute atomic E-state index is 12.8. The van der Waals surface area contributed by atoms with E-state index in [1.165, 1.54) is 29.5 Å².